The van der Waals surface area contributed by atoms with Crippen LogP contribution in [0.1, 0.15) is 63.1 Å². The Morgan fingerprint density at radius 1 is 0.700 bits per heavy atom. The number of aliphatic hydroxyl groups excluding tert-OH is 2. The Kier molecular flexibility index (Phi) is 14.2. The van der Waals surface area contributed by atoms with Gasteiger partial charge in [0.05, 0.1) is 24.3 Å². The summed E-state index contributed by atoms with van der Waals surface area (Å²) in [5.41, 5.74) is 0.809. The van der Waals surface area contributed by atoms with Crippen LogP contribution in [-0.2, 0) is 33.7 Å². The Morgan fingerprint density at radius 3 is 1.64 bits per heavy atom. The van der Waals surface area contributed by atoms with Gasteiger partial charge in [-0.1, -0.05) is 104 Å². The first-order valence-electron chi connectivity index (χ1n) is 17.4. The number of hydrogen-bond donors (Lipinski definition) is 6. The molecule has 1 unspecified atom stereocenters. The molecule has 3 aromatic rings. The van der Waals surface area contributed by atoms with Crippen LogP contribution in [0.3, 0.4) is 0 Å². The highest BCUT2D eigenvalue weighted by molar-refractivity contribution is 5.90. The maximum Gasteiger partial charge on any atom is 0.408 e. The van der Waals surface area contributed by atoms with Crippen molar-refractivity contribution < 1.29 is 34.1 Å². The van der Waals surface area contributed by atoms with E-state index in [4.69, 9.17) is 9.47 Å². The lowest BCUT2D eigenvalue weighted by Gasteiger charge is -2.33. The summed E-state index contributed by atoms with van der Waals surface area (Å²) in [6.45, 7) is 5.48. The van der Waals surface area contributed by atoms with Gasteiger partial charge in [0.15, 0.2) is 0 Å². The van der Waals surface area contributed by atoms with Crippen molar-refractivity contribution >= 4 is 18.1 Å². The first-order valence-corrected chi connectivity index (χ1v) is 17.4. The second-order valence-corrected chi connectivity index (χ2v) is 14.0. The van der Waals surface area contributed by atoms with E-state index in [1.54, 1.807) is 20.8 Å². The maximum atomic E-state index is 13.9. The van der Waals surface area contributed by atoms with Crippen molar-refractivity contribution in [1.29, 1.82) is 0 Å². The van der Waals surface area contributed by atoms with Gasteiger partial charge < -0.3 is 41.0 Å². The van der Waals surface area contributed by atoms with Crippen LogP contribution in [0, 0.1) is 0 Å². The molecular weight excluding hydrogens is 636 g/mol. The van der Waals surface area contributed by atoms with Crippen LogP contribution < -0.4 is 21.3 Å². The van der Waals surface area contributed by atoms with E-state index < -0.39 is 47.6 Å². The highest BCUT2D eigenvalue weighted by Gasteiger charge is 2.44. The minimum atomic E-state index is -1.16. The molecule has 4 atom stereocenters. The third-order valence-corrected chi connectivity index (χ3v) is 8.70. The van der Waals surface area contributed by atoms with Crippen LogP contribution in [0.5, 0.6) is 0 Å². The number of benzene rings is 3. The molecule has 6 N–H and O–H groups in total. The van der Waals surface area contributed by atoms with Crippen LogP contribution >= 0.6 is 0 Å². The molecule has 0 aliphatic heterocycles. The van der Waals surface area contributed by atoms with E-state index in [1.807, 2.05) is 91.0 Å². The smallest absolute Gasteiger partial charge is 0.408 e. The molecule has 3 aromatic carbocycles. The Bertz CT molecular complexity index is 1480. The van der Waals surface area contributed by atoms with Gasteiger partial charge in [-0.25, -0.2) is 9.59 Å². The number of carbonyl (C=O) groups is 3. The lowest BCUT2D eigenvalue weighted by molar-refractivity contribution is -0.129. The van der Waals surface area contributed by atoms with Crippen molar-refractivity contribution in [2.75, 3.05) is 13.1 Å². The SMILES string of the molecule is CC(C)(C)OC(=O)N[C@@H](Cc1ccccc1)[C@@H](O)CNCC(O)[C@@H](Cc1ccccc1)NC(=O)C1(NC(=O)OCc2ccccc2)CCCC1. The molecule has 1 fully saturated rings. The highest BCUT2D eigenvalue weighted by Crippen LogP contribution is 2.30. The van der Waals surface area contributed by atoms with Crippen LogP contribution in [-0.4, -0.2) is 76.8 Å². The van der Waals surface area contributed by atoms with E-state index in [9.17, 15) is 24.6 Å². The molecule has 11 nitrogen and oxygen atoms in total. The van der Waals surface area contributed by atoms with Crippen LogP contribution in [0.4, 0.5) is 9.59 Å². The molecular formula is C39H52N4O7. The van der Waals surface area contributed by atoms with E-state index in [1.165, 1.54) is 0 Å². The summed E-state index contributed by atoms with van der Waals surface area (Å²) in [4.78, 5) is 39.4. The molecule has 0 bridgehead atoms. The van der Waals surface area contributed by atoms with Crippen molar-refractivity contribution in [2.24, 2.45) is 0 Å². The molecule has 0 heterocycles. The molecule has 0 aromatic heterocycles. The third-order valence-electron chi connectivity index (χ3n) is 8.70. The molecule has 1 saturated carbocycles. The predicted octanol–water partition coefficient (Wildman–Crippen LogP) is 4.40. The molecule has 0 saturated heterocycles. The van der Waals surface area contributed by atoms with E-state index in [2.05, 4.69) is 21.3 Å². The van der Waals surface area contributed by atoms with Crippen molar-refractivity contribution in [2.45, 2.75) is 101 Å². The van der Waals surface area contributed by atoms with Crippen LogP contribution in [0.15, 0.2) is 91.0 Å². The van der Waals surface area contributed by atoms with Crippen molar-refractivity contribution in [1.82, 2.24) is 21.3 Å². The second kappa shape index (κ2) is 18.5. The summed E-state index contributed by atoms with van der Waals surface area (Å²) in [5, 5.41) is 34.4. The quantitative estimate of drug-likeness (QED) is 0.129. The van der Waals surface area contributed by atoms with E-state index in [0.717, 1.165) is 29.5 Å². The summed E-state index contributed by atoms with van der Waals surface area (Å²) in [6.07, 6.45) is -0.265. The zero-order valence-electron chi connectivity index (χ0n) is 29.3. The fourth-order valence-corrected chi connectivity index (χ4v) is 6.07. The zero-order chi connectivity index (χ0) is 36.0. The van der Waals surface area contributed by atoms with Gasteiger partial charge in [0.1, 0.15) is 17.7 Å². The molecule has 1 aliphatic carbocycles. The highest BCUT2D eigenvalue weighted by atomic mass is 16.6. The average molecular weight is 689 g/mol. The predicted molar refractivity (Wildman–Crippen MR) is 191 cm³/mol. The minimum Gasteiger partial charge on any atom is -0.445 e. The number of rotatable bonds is 16. The number of ether oxygens (including phenoxy) is 2. The van der Waals surface area contributed by atoms with Gasteiger partial charge in [0.2, 0.25) is 5.91 Å². The first kappa shape index (κ1) is 38.4. The first-order chi connectivity index (χ1) is 23.9. The molecule has 0 radical (unpaired) electrons. The fourth-order valence-electron chi connectivity index (χ4n) is 6.07. The van der Waals surface area contributed by atoms with Crippen molar-refractivity contribution in [3.8, 4) is 0 Å². The molecule has 4 rings (SSSR count). The van der Waals surface area contributed by atoms with Crippen molar-refractivity contribution in [3.63, 3.8) is 0 Å². The normalized spacial score (nSPS) is 16.3. The standard InChI is InChI=1S/C39H52N4O7/c1-38(2,3)50-36(47)42-32(24-29-17-9-5-10-18-29)34(45)26-40-25-33(44)31(23-28-15-7-4-8-16-28)41-35(46)39(21-13-14-22-39)43-37(48)49-27-30-19-11-6-12-20-30/h4-12,15-20,31-34,40,44-45H,13-14,21-27H2,1-3H3,(H,41,46)(H,42,47)(H,43,48)/t31-,32+,33?,34+/m1/s1. The van der Waals surface area contributed by atoms with Gasteiger partial charge in [-0.15, -0.1) is 0 Å². The molecule has 270 valence electrons. The summed E-state index contributed by atoms with van der Waals surface area (Å²) >= 11 is 0. The zero-order valence-corrected chi connectivity index (χ0v) is 29.3. The molecule has 50 heavy (non-hydrogen) atoms. The van der Waals surface area contributed by atoms with Gasteiger partial charge in [-0.05, 0) is 63.1 Å². The summed E-state index contributed by atoms with van der Waals surface area (Å²) in [6, 6.07) is 27.0. The van der Waals surface area contributed by atoms with Gasteiger partial charge in [0.25, 0.3) is 0 Å². The number of hydrogen-bond acceptors (Lipinski definition) is 8. The van der Waals surface area contributed by atoms with Gasteiger partial charge >= 0.3 is 12.2 Å². The van der Waals surface area contributed by atoms with Gasteiger partial charge in [0, 0.05) is 13.1 Å². The van der Waals surface area contributed by atoms with Crippen molar-refractivity contribution in [3.05, 3.63) is 108 Å². The number of aliphatic hydroxyl groups is 2. The average Bonchev–Trinajstić information content (AvgIpc) is 3.57. The Morgan fingerprint density at radius 2 is 1.16 bits per heavy atom. The summed E-state index contributed by atoms with van der Waals surface area (Å²) in [5.74, 6) is -0.379. The number of carbonyl (C=O) groups excluding carboxylic acids is 3. The molecule has 3 amide bonds. The van der Waals surface area contributed by atoms with Crippen LogP contribution in [0.2, 0.25) is 0 Å². The third kappa shape index (κ3) is 12.5. The summed E-state index contributed by atoms with van der Waals surface area (Å²) in [7, 11) is 0. The maximum absolute atomic E-state index is 13.9. The molecule has 11 heteroatoms. The topological polar surface area (TPSA) is 158 Å². The lowest BCUT2D eigenvalue weighted by atomic mass is 9.94. The van der Waals surface area contributed by atoms with E-state index >= 15 is 0 Å². The minimum absolute atomic E-state index is 0.0406. The molecule has 1 aliphatic rings. The fraction of sp³-hybridized carbons (Fsp3) is 0.462. The number of amides is 3. The monoisotopic (exact) mass is 688 g/mol. The summed E-state index contributed by atoms with van der Waals surface area (Å²) < 4.78 is 10.9. The lowest BCUT2D eigenvalue weighted by Crippen LogP contribution is -2.61. The van der Waals surface area contributed by atoms with Gasteiger partial charge in [-0.3, -0.25) is 4.79 Å². The largest absolute Gasteiger partial charge is 0.445 e. The number of alkyl carbamates (subject to hydrolysis) is 2. The van der Waals surface area contributed by atoms with E-state index in [0.29, 0.717) is 25.7 Å². The molecule has 0 spiro atoms. The Labute approximate surface area is 295 Å². The Hall–Kier alpha value is -4.45. The van der Waals surface area contributed by atoms with Crippen LogP contribution in [0.25, 0.3) is 0 Å². The second-order valence-electron chi connectivity index (χ2n) is 14.0. The Balaban J connectivity index is 1.40. The number of nitrogens with one attached hydrogen (secondary N) is 4. The van der Waals surface area contributed by atoms with Gasteiger partial charge in [-0.2, -0.15) is 0 Å². The van der Waals surface area contributed by atoms with E-state index in [-0.39, 0.29) is 25.6 Å².